The van der Waals surface area contributed by atoms with Crippen molar-refractivity contribution in [3.63, 3.8) is 0 Å². The summed E-state index contributed by atoms with van der Waals surface area (Å²) in [7, 11) is 2.09. The molecular weight excluding hydrogens is 222 g/mol. The van der Waals surface area contributed by atoms with Crippen molar-refractivity contribution < 1.29 is 5.11 Å². The molecule has 0 aliphatic carbocycles. The zero-order valence-electron chi connectivity index (χ0n) is 12.4. The van der Waals surface area contributed by atoms with E-state index in [-0.39, 0.29) is 0 Å². The third-order valence-corrected chi connectivity index (χ3v) is 3.45. The van der Waals surface area contributed by atoms with E-state index in [1.54, 1.807) is 0 Å². The smallest absolute Gasteiger partial charge is 0.0917 e. The van der Waals surface area contributed by atoms with E-state index in [1.165, 1.54) is 5.56 Å². The highest BCUT2D eigenvalue weighted by atomic mass is 16.3. The van der Waals surface area contributed by atoms with Gasteiger partial charge in [-0.15, -0.1) is 0 Å². The fourth-order valence-electron chi connectivity index (χ4n) is 2.30. The average Bonchev–Trinajstić information content (AvgIpc) is 2.27. The Morgan fingerprint density at radius 1 is 1.22 bits per heavy atom. The van der Waals surface area contributed by atoms with Gasteiger partial charge in [0.2, 0.25) is 0 Å². The van der Waals surface area contributed by atoms with Crippen LogP contribution in [0.4, 0.5) is 0 Å². The van der Waals surface area contributed by atoms with Crippen LogP contribution in [0, 0.1) is 12.8 Å². The fourth-order valence-corrected chi connectivity index (χ4v) is 2.30. The molecule has 1 aromatic carbocycles. The SMILES string of the molecule is Cc1cccc(C(O)CN(C)C(C)CC(C)C)c1. The minimum absolute atomic E-state index is 0.399. The summed E-state index contributed by atoms with van der Waals surface area (Å²) in [5.74, 6) is 0.693. The molecule has 0 aliphatic rings. The minimum Gasteiger partial charge on any atom is -0.387 e. The molecule has 1 rings (SSSR count). The Balaban J connectivity index is 2.56. The van der Waals surface area contributed by atoms with Crippen LogP contribution in [-0.4, -0.2) is 29.6 Å². The summed E-state index contributed by atoms with van der Waals surface area (Å²) in [4.78, 5) is 2.24. The lowest BCUT2D eigenvalue weighted by Gasteiger charge is -2.28. The Bertz CT molecular complexity index is 362. The maximum atomic E-state index is 10.3. The zero-order valence-corrected chi connectivity index (χ0v) is 12.4. The van der Waals surface area contributed by atoms with Gasteiger partial charge in [0, 0.05) is 12.6 Å². The molecule has 2 unspecified atom stereocenters. The highest BCUT2D eigenvalue weighted by Crippen LogP contribution is 2.17. The van der Waals surface area contributed by atoms with Crippen molar-refractivity contribution in [1.29, 1.82) is 0 Å². The van der Waals surface area contributed by atoms with Crippen molar-refractivity contribution in [3.8, 4) is 0 Å². The molecule has 2 nitrogen and oxygen atoms in total. The van der Waals surface area contributed by atoms with Gasteiger partial charge in [-0.1, -0.05) is 43.7 Å². The second-order valence-corrected chi connectivity index (χ2v) is 5.85. The topological polar surface area (TPSA) is 23.5 Å². The first kappa shape index (κ1) is 15.2. The predicted octanol–water partition coefficient (Wildman–Crippen LogP) is 3.39. The van der Waals surface area contributed by atoms with Crippen molar-refractivity contribution in [2.75, 3.05) is 13.6 Å². The Morgan fingerprint density at radius 2 is 1.89 bits per heavy atom. The van der Waals surface area contributed by atoms with Crippen molar-refractivity contribution in [2.45, 2.75) is 46.3 Å². The van der Waals surface area contributed by atoms with Crippen LogP contribution in [0.5, 0.6) is 0 Å². The van der Waals surface area contributed by atoms with Gasteiger partial charge in [-0.3, -0.25) is 0 Å². The molecule has 18 heavy (non-hydrogen) atoms. The van der Waals surface area contributed by atoms with Gasteiger partial charge in [-0.05, 0) is 38.8 Å². The van der Waals surface area contributed by atoms with Crippen LogP contribution in [0.3, 0.4) is 0 Å². The van der Waals surface area contributed by atoms with Gasteiger partial charge in [-0.2, -0.15) is 0 Å². The van der Waals surface area contributed by atoms with Crippen molar-refractivity contribution in [3.05, 3.63) is 35.4 Å². The van der Waals surface area contributed by atoms with E-state index in [0.29, 0.717) is 18.5 Å². The first-order valence-corrected chi connectivity index (χ1v) is 6.85. The second kappa shape index (κ2) is 6.91. The quantitative estimate of drug-likeness (QED) is 0.835. The van der Waals surface area contributed by atoms with Gasteiger partial charge in [0.1, 0.15) is 0 Å². The number of benzene rings is 1. The molecule has 0 aliphatic heterocycles. The van der Waals surface area contributed by atoms with Gasteiger partial charge in [0.15, 0.2) is 0 Å². The molecule has 0 heterocycles. The fraction of sp³-hybridized carbons (Fsp3) is 0.625. The molecule has 0 saturated heterocycles. The molecular formula is C16H27NO. The zero-order chi connectivity index (χ0) is 13.7. The number of nitrogens with zero attached hydrogens (tertiary/aromatic N) is 1. The molecule has 1 aromatic rings. The Hall–Kier alpha value is -0.860. The van der Waals surface area contributed by atoms with Crippen molar-refractivity contribution in [1.82, 2.24) is 4.90 Å². The summed E-state index contributed by atoms with van der Waals surface area (Å²) < 4.78 is 0. The summed E-state index contributed by atoms with van der Waals surface area (Å²) in [6.45, 7) is 9.45. The highest BCUT2D eigenvalue weighted by Gasteiger charge is 2.16. The van der Waals surface area contributed by atoms with Crippen LogP contribution in [0.15, 0.2) is 24.3 Å². The van der Waals surface area contributed by atoms with Crippen LogP contribution in [0.1, 0.15) is 44.4 Å². The Kier molecular flexibility index (Phi) is 5.83. The van der Waals surface area contributed by atoms with Gasteiger partial charge in [0.05, 0.1) is 6.10 Å². The van der Waals surface area contributed by atoms with E-state index in [9.17, 15) is 5.11 Å². The van der Waals surface area contributed by atoms with E-state index in [1.807, 2.05) is 12.1 Å². The first-order chi connectivity index (χ1) is 8.40. The summed E-state index contributed by atoms with van der Waals surface area (Å²) in [6, 6.07) is 8.63. The molecule has 0 amide bonds. The largest absolute Gasteiger partial charge is 0.387 e. The lowest BCUT2D eigenvalue weighted by atomic mass is 10.0. The van der Waals surface area contributed by atoms with Crippen LogP contribution >= 0.6 is 0 Å². The van der Waals surface area contributed by atoms with Crippen molar-refractivity contribution >= 4 is 0 Å². The van der Waals surface area contributed by atoms with E-state index >= 15 is 0 Å². The second-order valence-electron chi connectivity index (χ2n) is 5.85. The summed E-state index contributed by atoms with van der Waals surface area (Å²) >= 11 is 0. The van der Waals surface area contributed by atoms with Gasteiger partial charge < -0.3 is 10.0 Å². The molecule has 2 heteroatoms. The predicted molar refractivity (Wildman–Crippen MR) is 77.7 cm³/mol. The summed E-state index contributed by atoms with van der Waals surface area (Å²) in [5, 5.41) is 10.3. The maximum Gasteiger partial charge on any atom is 0.0917 e. The van der Waals surface area contributed by atoms with Crippen LogP contribution in [-0.2, 0) is 0 Å². The standard InChI is InChI=1S/C16H27NO/c1-12(2)9-14(4)17(5)11-16(18)15-8-6-7-13(3)10-15/h6-8,10,12,14,16,18H,9,11H2,1-5H3. The molecule has 0 spiro atoms. The normalized spacial score (nSPS) is 15.1. The Labute approximate surface area is 112 Å². The lowest BCUT2D eigenvalue weighted by Crippen LogP contribution is -2.33. The first-order valence-electron chi connectivity index (χ1n) is 6.85. The van der Waals surface area contributed by atoms with Gasteiger partial charge in [-0.25, -0.2) is 0 Å². The van der Waals surface area contributed by atoms with E-state index in [0.717, 1.165) is 12.0 Å². The molecule has 0 saturated carbocycles. The van der Waals surface area contributed by atoms with Gasteiger partial charge in [0.25, 0.3) is 0 Å². The number of hydrogen-bond donors (Lipinski definition) is 1. The Morgan fingerprint density at radius 3 is 2.44 bits per heavy atom. The number of aliphatic hydroxyl groups is 1. The number of aliphatic hydroxyl groups excluding tert-OH is 1. The summed E-state index contributed by atoms with van der Waals surface area (Å²) in [5.41, 5.74) is 2.21. The van der Waals surface area contributed by atoms with E-state index in [2.05, 4.69) is 51.8 Å². The van der Waals surface area contributed by atoms with E-state index < -0.39 is 6.10 Å². The molecule has 0 bridgehead atoms. The number of rotatable bonds is 6. The summed E-state index contributed by atoms with van der Waals surface area (Å²) in [6.07, 6.45) is 0.765. The molecule has 0 fully saturated rings. The van der Waals surface area contributed by atoms with Crippen molar-refractivity contribution in [2.24, 2.45) is 5.92 Å². The number of likely N-dealkylation sites (N-methyl/N-ethyl adjacent to an activating group) is 1. The lowest BCUT2D eigenvalue weighted by molar-refractivity contribution is 0.102. The average molecular weight is 249 g/mol. The van der Waals surface area contributed by atoms with E-state index in [4.69, 9.17) is 0 Å². The number of hydrogen-bond acceptors (Lipinski definition) is 2. The molecule has 0 aromatic heterocycles. The molecule has 102 valence electrons. The van der Waals surface area contributed by atoms with Crippen LogP contribution in [0.2, 0.25) is 0 Å². The van der Waals surface area contributed by atoms with Gasteiger partial charge >= 0.3 is 0 Å². The van der Waals surface area contributed by atoms with Crippen LogP contribution < -0.4 is 0 Å². The maximum absolute atomic E-state index is 10.3. The minimum atomic E-state index is -0.399. The molecule has 1 N–H and O–H groups in total. The third kappa shape index (κ3) is 4.79. The monoisotopic (exact) mass is 249 g/mol. The third-order valence-electron chi connectivity index (χ3n) is 3.45. The molecule has 2 atom stereocenters. The molecule has 0 radical (unpaired) electrons. The number of aryl methyl sites for hydroxylation is 1. The van der Waals surface area contributed by atoms with Crippen LogP contribution in [0.25, 0.3) is 0 Å². The highest BCUT2D eigenvalue weighted by molar-refractivity contribution is 5.24.